The lowest BCUT2D eigenvalue weighted by molar-refractivity contribution is -0.280. The fourth-order valence-corrected chi connectivity index (χ4v) is 6.97. The zero-order valence-corrected chi connectivity index (χ0v) is 18.0. The van der Waals surface area contributed by atoms with Crippen LogP contribution in [0.15, 0.2) is 16.7 Å². The Labute approximate surface area is 171 Å². The monoisotopic (exact) mass is 404 g/mol. The highest BCUT2D eigenvalue weighted by molar-refractivity contribution is 5.79. The maximum atomic E-state index is 12.8. The number of rotatable bonds is 2. The minimum atomic E-state index is -1.01. The van der Waals surface area contributed by atoms with Gasteiger partial charge >= 0.3 is 11.9 Å². The molecule has 29 heavy (non-hydrogen) atoms. The predicted molar refractivity (Wildman–Crippen MR) is 105 cm³/mol. The molecule has 2 fully saturated rings. The number of hydrogen-bond acceptors (Lipinski definition) is 6. The summed E-state index contributed by atoms with van der Waals surface area (Å²) in [6.45, 7) is 7.69. The molecule has 0 saturated heterocycles. The summed E-state index contributed by atoms with van der Waals surface area (Å²) >= 11 is 0. The van der Waals surface area contributed by atoms with Gasteiger partial charge in [0.1, 0.15) is 11.9 Å². The van der Waals surface area contributed by atoms with E-state index in [0.29, 0.717) is 19.3 Å². The van der Waals surface area contributed by atoms with Gasteiger partial charge in [0.2, 0.25) is 0 Å². The molecule has 160 valence electrons. The van der Waals surface area contributed by atoms with E-state index in [9.17, 15) is 14.7 Å². The Morgan fingerprint density at radius 1 is 1.21 bits per heavy atom. The van der Waals surface area contributed by atoms with Crippen LogP contribution in [-0.4, -0.2) is 35.9 Å². The zero-order chi connectivity index (χ0) is 21.2. The Balaban J connectivity index is 1.86. The average molecular weight is 405 g/mol. The van der Waals surface area contributed by atoms with Gasteiger partial charge in [-0.15, -0.1) is 0 Å². The van der Waals surface area contributed by atoms with E-state index in [1.807, 2.05) is 6.07 Å². The summed E-state index contributed by atoms with van der Waals surface area (Å²) in [7, 11) is 1.41. The number of esters is 2. The molecular formula is C23H32O6. The van der Waals surface area contributed by atoms with Crippen molar-refractivity contribution < 1.29 is 28.6 Å². The average Bonchev–Trinajstić information content (AvgIpc) is 3.13. The smallest absolute Gasteiger partial charge is 0.313 e. The molecule has 0 bridgehead atoms. The summed E-state index contributed by atoms with van der Waals surface area (Å²) in [5.74, 6) is -0.304. The van der Waals surface area contributed by atoms with Gasteiger partial charge in [-0.25, -0.2) is 0 Å². The van der Waals surface area contributed by atoms with Crippen molar-refractivity contribution in [3.8, 4) is 0 Å². The van der Waals surface area contributed by atoms with Crippen LogP contribution in [0.5, 0.6) is 0 Å². The summed E-state index contributed by atoms with van der Waals surface area (Å²) in [5.41, 5.74) is -1.14. The molecule has 1 aromatic rings. The molecule has 4 rings (SSSR count). The van der Waals surface area contributed by atoms with Crippen LogP contribution in [0.2, 0.25) is 0 Å². The van der Waals surface area contributed by atoms with Crippen molar-refractivity contribution in [2.24, 2.45) is 22.7 Å². The third-order valence-electron chi connectivity index (χ3n) is 8.55. The number of fused-ring (bicyclic) bond motifs is 4. The second-order valence-electron chi connectivity index (χ2n) is 9.98. The molecule has 6 nitrogen and oxygen atoms in total. The molecule has 1 aromatic heterocycles. The minimum absolute atomic E-state index is 0.00443. The van der Waals surface area contributed by atoms with Crippen molar-refractivity contribution in [2.75, 3.05) is 7.11 Å². The SMILES string of the molecule is COC(=O)[C@@H]1c2ccoc2C[C@H]2[C@H]1CC[C@@]1(O)C(C)(C)CC[C@H](OC(C)=O)[C@]21C. The molecular weight excluding hydrogens is 372 g/mol. The van der Waals surface area contributed by atoms with Crippen molar-refractivity contribution in [3.05, 3.63) is 23.7 Å². The first-order chi connectivity index (χ1) is 13.6. The highest BCUT2D eigenvalue weighted by Gasteiger charge is 2.70. The van der Waals surface area contributed by atoms with E-state index < -0.39 is 23.0 Å². The Morgan fingerprint density at radius 3 is 2.59 bits per heavy atom. The van der Waals surface area contributed by atoms with E-state index in [4.69, 9.17) is 13.9 Å². The third kappa shape index (κ3) is 2.64. The van der Waals surface area contributed by atoms with Gasteiger partial charge in [-0.3, -0.25) is 9.59 Å². The number of carbonyl (C=O) groups is 2. The molecule has 2 saturated carbocycles. The van der Waals surface area contributed by atoms with Crippen molar-refractivity contribution in [1.82, 2.24) is 0 Å². The molecule has 0 aliphatic heterocycles. The van der Waals surface area contributed by atoms with Crippen LogP contribution in [0, 0.1) is 22.7 Å². The topological polar surface area (TPSA) is 86.0 Å². The Kier molecular flexibility index (Phi) is 4.65. The molecule has 0 unspecified atom stereocenters. The highest BCUT2D eigenvalue weighted by Crippen LogP contribution is 2.67. The number of aliphatic hydroxyl groups is 1. The van der Waals surface area contributed by atoms with E-state index in [0.717, 1.165) is 24.2 Å². The van der Waals surface area contributed by atoms with Crippen molar-refractivity contribution in [3.63, 3.8) is 0 Å². The number of ether oxygens (including phenoxy) is 2. The summed E-state index contributed by atoms with van der Waals surface area (Å²) in [5, 5.41) is 12.1. The largest absolute Gasteiger partial charge is 0.469 e. The molecule has 6 atom stereocenters. The van der Waals surface area contributed by atoms with Crippen molar-refractivity contribution >= 4 is 11.9 Å². The lowest BCUT2D eigenvalue weighted by atomic mass is 9.40. The van der Waals surface area contributed by atoms with E-state index in [1.54, 1.807) is 6.26 Å². The molecule has 1 heterocycles. The van der Waals surface area contributed by atoms with Crippen molar-refractivity contribution in [2.45, 2.75) is 77.4 Å². The summed E-state index contributed by atoms with van der Waals surface area (Å²) in [4.78, 5) is 24.7. The van der Waals surface area contributed by atoms with Crippen LogP contribution >= 0.6 is 0 Å². The lowest BCUT2D eigenvalue weighted by Gasteiger charge is -2.67. The lowest BCUT2D eigenvalue weighted by Crippen LogP contribution is -2.71. The van der Waals surface area contributed by atoms with Crippen LogP contribution in [0.1, 0.15) is 70.6 Å². The van der Waals surface area contributed by atoms with E-state index in [-0.39, 0.29) is 29.2 Å². The molecule has 0 spiro atoms. The van der Waals surface area contributed by atoms with Gasteiger partial charge in [0, 0.05) is 24.3 Å². The molecule has 0 radical (unpaired) electrons. The number of methoxy groups -OCH3 is 1. The van der Waals surface area contributed by atoms with Crippen LogP contribution in [-0.2, 0) is 25.5 Å². The zero-order valence-electron chi connectivity index (χ0n) is 18.0. The second-order valence-corrected chi connectivity index (χ2v) is 9.98. The Hall–Kier alpha value is -1.82. The summed E-state index contributed by atoms with van der Waals surface area (Å²) in [6.07, 6.45) is 4.60. The molecule has 3 aliphatic carbocycles. The summed E-state index contributed by atoms with van der Waals surface area (Å²) in [6, 6.07) is 1.87. The van der Waals surface area contributed by atoms with Gasteiger partial charge in [0.25, 0.3) is 0 Å². The molecule has 6 heteroatoms. The van der Waals surface area contributed by atoms with E-state index in [1.165, 1.54) is 14.0 Å². The minimum Gasteiger partial charge on any atom is -0.469 e. The van der Waals surface area contributed by atoms with Crippen LogP contribution in [0.3, 0.4) is 0 Å². The standard InChI is InChI=1S/C23H32O6/c1-13(24)29-18-7-9-21(2,3)23(26)10-6-14-16(22(18,23)4)12-17-15(8-11-28-17)19(14)20(25)27-5/h8,11,14,16,18-19,26H,6-7,9-10,12H2,1-5H3/t14-,16+,18+,19+,22+,23-/m1/s1. The van der Waals surface area contributed by atoms with Crippen LogP contribution in [0.25, 0.3) is 0 Å². The third-order valence-corrected chi connectivity index (χ3v) is 8.55. The van der Waals surface area contributed by atoms with Gasteiger partial charge in [-0.2, -0.15) is 0 Å². The van der Waals surface area contributed by atoms with E-state index >= 15 is 0 Å². The predicted octanol–water partition coefficient (Wildman–Crippen LogP) is 3.61. The highest BCUT2D eigenvalue weighted by atomic mass is 16.5. The number of hydrogen-bond donors (Lipinski definition) is 1. The van der Waals surface area contributed by atoms with Gasteiger partial charge < -0.3 is 19.0 Å². The first-order valence-electron chi connectivity index (χ1n) is 10.6. The first kappa shape index (κ1) is 20.5. The van der Waals surface area contributed by atoms with E-state index in [2.05, 4.69) is 20.8 Å². The van der Waals surface area contributed by atoms with Crippen molar-refractivity contribution in [1.29, 1.82) is 0 Å². The normalized spacial score (nSPS) is 40.2. The first-order valence-corrected chi connectivity index (χ1v) is 10.6. The molecule has 0 aromatic carbocycles. The maximum absolute atomic E-state index is 12.8. The van der Waals surface area contributed by atoms with Crippen LogP contribution < -0.4 is 0 Å². The van der Waals surface area contributed by atoms with Gasteiger partial charge in [0.15, 0.2) is 0 Å². The quantitative estimate of drug-likeness (QED) is 0.758. The Bertz CT molecular complexity index is 825. The van der Waals surface area contributed by atoms with Crippen LogP contribution in [0.4, 0.5) is 0 Å². The maximum Gasteiger partial charge on any atom is 0.313 e. The Morgan fingerprint density at radius 2 is 1.93 bits per heavy atom. The van der Waals surface area contributed by atoms with Gasteiger partial charge in [-0.05, 0) is 49.0 Å². The summed E-state index contributed by atoms with van der Waals surface area (Å²) < 4.78 is 16.7. The fraction of sp³-hybridized carbons (Fsp3) is 0.739. The van der Waals surface area contributed by atoms with Gasteiger partial charge in [0.05, 0.1) is 24.9 Å². The number of carbonyl (C=O) groups excluding carboxylic acids is 2. The van der Waals surface area contributed by atoms with Gasteiger partial charge in [-0.1, -0.05) is 20.8 Å². The second kappa shape index (κ2) is 6.59. The number of furan rings is 1. The fourth-order valence-electron chi connectivity index (χ4n) is 6.97. The molecule has 0 amide bonds. The molecule has 1 N–H and O–H groups in total. The molecule has 3 aliphatic rings.